The summed E-state index contributed by atoms with van der Waals surface area (Å²) in [5, 5.41) is 9.10. The van der Waals surface area contributed by atoms with Crippen molar-refractivity contribution in [2.24, 2.45) is 0 Å². The maximum absolute atomic E-state index is 13.9. The molecular weight excluding hydrogens is 410 g/mol. The molecule has 0 fully saturated rings. The highest BCUT2D eigenvalue weighted by molar-refractivity contribution is 5.65. The number of ether oxygens (including phenoxy) is 2. The molecule has 4 aromatic rings. The van der Waals surface area contributed by atoms with Crippen molar-refractivity contribution in [1.82, 2.24) is 14.0 Å². The highest BCUT2D eigenvalue weighted by Crippen LogP contribution is 2.35. The molecule has 0 bridgehead atoms. The van der Waals surface area contributed by atoms with Crippen molar-refractivity contribution in [1.29, 1.82) is 5.26 Å². The number of halogens is 2. The molecule has 0 radical (unpaired) electrons. The Bertz CT molecular complexity index is 1430. The summed E-state index contributed by atoms with van der Waals surface area (Å²) in [7, 11) is 0. The van der Waals surface area contributed by atoms with Gasteiger partial charge in [0.1, 0.15) is 12.7 Å². The number of rotatable bonds is 6. The summed E-state index contributed by atoms with van der Waals surface area (Å²) >= 11 is 0. The van der Waals surface area contributed by atoms with Crippen LogP contribution in [0.5, 0.6) is 17.2 Å². The van der Waals surface area contributed by atoms with Crippen molar-refractivity contribution in [3.8, 4) is 23.3 Å². The second-order valence-electron chi connectivity index (χ2n) is 6.47. The summed E-state index contributed by atoms with van der Waals surface area (Å²) < 4.78 is 41.9. The minimum Gasteiger partial charge on any atom is -0.488 e. The zero-order chi connectivity index (χ0) is 22.0. The Hall–Kier alpha value is -4.39. The van der Waals surface area contributed by atoms with Crippen LogP contribution in [0.25, 0.3) is 5.52 Å². The van der Waals surface area contributed by atoms with Crippen LogP contribution in [0.2, 0.25) is 0 Å². The van der Waals surface area contributed by atoms with E-state index in [2.05, 4.69) is 4.98 Å². The molecule has 0 unspecified atom stereocenters. The Labute approximate surface area is 173 Å². The second-order valence-corrected chi connectivity index (χ2v) is 6.47. The van der Waals surface area contributed by atoms with Crippen LogP contribution in [0.1, 0.15) is 5.56 Å². The van der Waals surface area contributed by atoms with E-state index in [0.29, 0.717) is 16.8 Å². The molecule has 0 aliphatic carbocycles. The summed E-state index contributed by atoms with van der Waals surface area (Å²) in [5.74, 6) is -2.11. The second kappa shape index (κ2) is 8.16. The van der Waals surface area contributed by atoms with E-state index in [1.54, 1.807) is 35.0 Å². The van der Waals surface area contributed by atoms with Crippen molar-refractivity contribution in [3.05, 3.63) is 93.0 Å². The Morgan fingerprint density at radius 1 is 1.03 bits per heavy atom. The van der Waals surface area contributed by atoms with Gasteiger partial charge in [-0.2, -0.15) is 5.26 Å². The van der Waals surface area contributed by atoms with Gasteiger partial charge in [-0.05, 0) is 18.2 Å². The molecule has 10 heteroatoms. The summed E-state index contributed by atoms with van der Waals surface area (Å²) in [6.07, 6.45) is 4.62. The average Bonchev–Trinajstić information content (AvgIpc) is 3.17. The molecule has 0 saturated heterocycles. The first-order valence-corrected chi connectivity index (χ1v) is 9.05. The number of nitrogens with zero attached hydrogens (tertiary/aromatic N) is 3. The zero-order valence-electron chi connectivity index (χ0n) is 15.8. The van der Waals surface area contributed by atoms with Crippen molar-refractivity contribution in [3.63, 3.8) is 0 Å². The number of fused-ring (bicyclic) bond motifs is 1. The molecule has 0 saturated carbocycles. The smallest absolute Gasteiger partial charge is 0.328 e. The van der Waals surface area contributed by atoms with E-state index in [9.17, 15) is 18.4 Å². The van der Waals surface area contributed by atoms with Gasteiger partial charge < -0.3 is 13.9 Å². The average molecular weight is 424 g/mol. The number of nitrogens with one attached hydrogen (secondary N) is 1. The Morgan fingerprint density at radius 2 is 1.81 bits per heavy atom. The molecule has 0 spiro atoms. The largest absolute Gasteiger partial charge is 0.488 e. The number of hydrogen-bond acceptors (Lipinski definition) is 5. The molecule has 1 N–H and O–H groups in total. The molecule has 156 valence electrons. The van der Waals surface area contributed by atoms with E-state index in [1.165, 1.54) is 16.8 Å². The van der Waals surface area contributed by atoms with E-state index in [4.69, 9.17) is 14.7 Å². The quantitative estimate of drug-likeness (QED) is 0.513. The molecule has 4 rings (SSSR count). The third kappa shape index (κ3) is 4.16. The number of aromatic nitrogens is 3. The molecule has 31 heavy (non-hydrogen) atoms. The molecule has 3 heterocycles. The monoisotopic (exact) mass is 424 g/mol. The third-order valence-electron chi connectivity index (χ3n) is 4.42. The maximum atomic E-state index is 13.9. The van der Waals surface area contributed by atoms with Gasteiger partial charge in [0.25, 0.3) is 5.56 Å². The lowest BCUT2D eigenvalue weighted by Crippen LogP contribution is -2.30. The predicted molar refractivity (Wildman–Crippen MR) is 105 cm³/mol. The van der Waals surface area contributed by atoms with Crippen LogP contribution < -0.4 is 20.7 Å². The number of hydrogen-bond donors (Lipinski definition) is 1. The fourth-order valence-electron chi connectivity index (χ4n) is 2.95. The van der Waals surface area contributed by atoms with Crippen molar-refractivity contribution in [2.75, 3.05) is 6.61 Å². The highest BCUT2D eigenvalue weighted by atomic mass is 19.2. The Morgan fingerprint density at radius 3 is 2.55 bits per heavy atom. The third-order valence-corrected chi connectivity index (χ3v) is 4.42. The van der Waals surface area contributed by atoms with Crippen LogP contribution >= 0.6 is 0 Å². The van der Waals surface area contributed by atoms with Gasteiger partial charge in [-0.3, -0.25) is 14.3 Å². The molecule has 0 aliphatic rings. The maximum Gasteiger partial charge on any atom is 0.328 e. The minimum atomic E-state index is -1.13. The lowest BCUT2D eigenvalue weighted by molar-refractivity contribution is 0.280. The molecule has 0 aliphatic heterocycles. The van der Waals surface area contributed by atoms with Gasteiger partial charge in [-0.15, -0.1) is 0 Å². The lowest BCUT2D eigenvalue weighted by atomic mass is 10.3. The van der Waals surface area contributed by atoms with Gasteiger partial charge in [-0.1, -0.05) is 0 Å². The van der Waals surface area contributed by atoms with Crippen LogP contribution in [0.3, 0.4) is 0 Å². The Kier molecular flexibility index (Phi) is 5.24. The van der Waals surface area contributed by atoms with Gasteiger partial charge in [0, 0.05) is 36.8 Å². The van der Waals surface area contributed by atoms with Crippen LogP contribution in [0, 0.1) is 23.0 Å². The van der Waals surface area contributed by atoms with Crippen LogP contribution in [0.15, 0.2) is 64.6 Å². The van der Waals surface area contributed by atoms with Gasteiger partial charge in [0.2, 0.25) is 0 Å². The zero-order valence-corrected chi connectivity index (χ0v) is 15.8. The number of aromatic amines is 1. The number of nitriles is 1. The summed E-state index contributed by atoms with van der Waals surface area (Å²) in [6, 6.07) is 9.79. The topological polar surface area (TPSA) is 102 Å². The molecule has 0 amide bonds. The molecule has 0 atom stereocenters. The van der Waals surface area contributed by atoms with Crippen LogP contribution in [-0.4, -0.2) is 20.6 Å². The number of benzene rings is 1. The van der Waals surface area contributed by atoms with E-state index in [-0.39, 0.29) is 24.7 Å². The van der Waals surface area contributed by atoms with Crippen LogP contribution in [-0.2, 0) is 6.54 Å². The fourth-order valence-corrected chi connectivity index (χ4v) is 2.95. The first-order valence-electron chi connectivity index (χ1n) is 9.05. The molecule has 1 aromatic carbocycles. The highest BCUT2D eigenvalue weighted by Gasteiger charge is 2.15. The first-order chi connectivity index (χ1) is 14.9. The van der Waals surface area contributed by atoms with Gasteiger partial charge in [0.05, 0.1) is 17.6 Å². The van der Waals surface area contributed by atoms with E-state index >= 15 is 0 Å². The van der Waals surface area contributed by atoms with Gasteiger partial charge >= 0.3 is 5.69 Å². The Balaban J connectivity index is 1.60. The van der Waals surface area contributed by atoms with Gasteiger partial charge in [0.15, 0.2) is 28.9 Å². The van der Waals surface area contributed by atoms with Gasteiger partial charge in [-0.25, -0.2) is 13.6 Å². The summed E-state index contributed by atoms with van der Waals surface area (Å²) in [6.45, 7) is -0.0326. The van der Waals surface area contributed by atoms with Crippen molar-refractivity contribution in [2.45, 2.75) is 6.54 Å². The first kappa shape index (κ1) is 19.9. The molecule has 3 aromatic heterocycles. The van der Waals surface area contributed by atoms with Crippen molar-refractivity contribution < 1.29 is 18.3 Å². The summed E-state index contributed by atoms with van der Waals surface area (Å²) in [4.78, 5) is 25.0. The molecule has 8 nitrogen and oxygen atoms in total. The normalized spacial score (nSPS) is 10.7. The lowest BCUT2D eigenvalue weighted by Gasteiger charge is -2.14. The van der Waals surface area contributed by atoms with E-state index in [1.807, 2.05) is 6.07 Å². The minimum absolute atomic E-state index is 0.0495. The SMILES string of the molecule is N#Cc1cc2c(Oc3cc(F)c(F)cc3OCCn3ccc(=O)[nH]c3=O)cccn2c1. The number of H-pyrrole nitrogens is 1. The predicted octanol–water partition coefficient (Wildman–Crippen LogP) is 2.81. The fraction of sp³-hybridized carbons (Fsp3) is 0.0952. The van der Waals surface area contributed by atoms with E-state index < -0.39 is 22.9 Å². The van der Waals surface area contributed by atoms with E-state index in [0.717, 1.165) is 12.1 Å². The standard InChI is InChI=1S/C21H14F2N4O4/c22-14-9-18(30-7-6-26-5-3-20(28)25-21(26)29)19(10-15(14)23)31-17-2-1-4-27-12-13(11-24)8-16(17)27/h1-5,8-10,12H,6-7H2,(H,25,28,29). The number of pyridine rings is 1. The summed E-state index contributed by atoms with van der Waals surface area (Å²) in [5.41, 5.74) is -0.192. The van der Waals surface area contributed by atoms with Crippen LogP contribution in [0.4, 0.5) is 8.78 Å². The van der Waals surface area contributed by atoms with Crippen molar-refractivity contribution >= 4 is 5.52 Å². The molecular formula is C21H14F2N4O4.